The van der Waals surface area contributed by atoms with Crippen molar-refractivity contribution in [1.29, 1.82) is 0 Å². The first-order valence-electron chi connectivity index (χ1n) is 8.55. The minimum absolute atomic E-state index is 0.102. The molecule has 0 aromatic rings. The van der Waals surface area contributed by atoms with E-state index < -0.39 is 0 Å². The monoisotopic (exact) mass is 269 g/mol. The highest BCUT2D eigenvalue weighted by Crippen LogP contribution is 2.36. The molecule has 0 saturated heterocycles. The van der Waals surface area contributed by atoms with Crippen LogP contribution in [-0.4, -0.2) is 24.8 Å². The molecule has 1 aliphatic rings. The summed E-state index contributed by atoms with van der Waals surface area (Å²) in [7, 11) is 0. The van der Waals surface area contributed by atoms with Gasteiger partial charge in [0.05, 0.1) is 5.60 Å². The highest BCUT2D eigenvalue weighted by Gasteiger charge is 2.39. The fraction of sp³-hybridized carbons (Fsp3) is 1.00. The van der Waals surface area contributed by atoms with Crippen molar-refractivity contribution in [2.24, 2.45) is 5.92 Å². The fourth-order valence-corrected chi connectivity index (χ4v) is 3.51. The third kappa shape index (κ3) is 5.07. The Kier molecular flexibility index (Phi) is 8.01. The average Bonchev–Trinajstić information content (AvgIpc) is 2.65. The molecule has 1 fully saturated rings. The smallest absolute Gasteiger partial charge is 0.0834 e. The molecule has 19 heavy (non-hydrogen) atoms. The van der Waals surface area contributed by atoms with E-state index in [1.54, 1.807) is 0 Å². The Bertz CT molecular complexity index is 221. The SMILES string of the molecule is CCNC(CC(C)CC)C1(OCC)CCCCCC1. The van der Waals surface area contributed by atoms with Gasteiger partial charge >= 0.3 is 0 Å². The summed E-state index contributed by atoms with van der Waals surface area (Å²) in [6.45, 7) is 11.0. The lowest BCUT2D eigenvalue weighted by Crippen LogP contribution is -2.53. The fourth-order valence-electron chi connectivity index (χ4n) is 3.51. The van der Waals surface area contributed by atoms with E-state index in [9.17, 15) is 0 Å². The van der Waals surface area contributed by atoms with Gasteiger partial charge in [-0.15, -0.1) is 0 Å². The molecule has 1 saturated carbocycles. The standard InChI is InChI=1S/C17H35NO/c1-5-15(4)14-16(18-6-2)17(19-7-3)12-10-8-9-11-13-17/h15-16,18H,5-14H2,1-4H3. The molecule has 0 heterocycles. The van der Waals surface area contributed by atoms with Gasteiger partial charge in [0.2, 0.25) is 0 Å². The van der Waals surface area contributed by atoms with Crippen LogP contribution < -0.4 is 5.32 Å². The second-order valence-corrected chi connectivity index (χ2v) is 6.27. The molecule has 1 rings (SSSR count). The minimum atomic E-state index is 0.102. The van der Waals surface area contributed by atoms with Crippen LogP contribution in [-0.2, 0) is 4.74 Å². The molecule has 0 spiro atoms. The van der Waals surface area contributed by atoms with Gasteiger partial charge in [0, 0.05) is 12.6 Å². The van der Waals surface area contributed by atoms with Crippen molar-refractivity contribution in [3.05, 3.63) is 0 Å². The van der Waals surface area contributed by atoms with Gasteiger partial charge in [-0.1, -0.05) is 52.9 Å². The van der Waals surface area contributed by atoms with Gasteiger partial charge in [-0.25, -0.2) is 0 Å². The summed E-state index contributed by atoms with van der Waals surface area (Å²) in [4.78, 5) is 0. The molecule has 2 heteroatoms. The molecule has 0 aromatic heterocycles. The lowest BCUT2D eigenvalue weighted by Gasteiger charge is -2.42. The quantitative estimate of drug-likeness (QED) is 0.654. The summed E-state index contributed by atoms with van der Waals surface area (Å²) in [5.74, 6) is 0.782. The van der Waals surface area contributed by atoms with Gasteiger partial charge in [-0.2, -0.15) is 0 Å². The summed E-state index contributed by atoms with van der Waals surface area (Å²) in [6, 6.07) is 0.533. The van der Waals surface area contributed by atoms with Crippen molar-refractivity contribution < 1.29 is 4.74 Å². The molecule has 2 nitrogen and oxygen atoms in total. The predicted octanol–water partition coefficient (Wildman–Crippen LogP) is 4.53. The number of hydrogen-bond donors (Lipinski definition) is 1. The van der Waals surface area contributed by atoms with E-state index in [2.05, 4.69) is 33.0 Å². The first-order chi connectivity index (χ1) is 9.18. The van der Waals surface area contributed by atoms with Crippen LogP contribution in [0.4, 0.5) is 0 Å². The highest BCUT2D eigenvalue weighted by molar-refractivity contribution is 4.95. The minimum Gasteiger partial charge on any atom is -0.374 e. The normalized spacial score (nSPS) is 22.7. The molecular weight excluding hydrogens is 234 g/mol. The molecule has 0 bridgehead atoms. The Hall–Kier alpha value is -0.0800. The third-order valence-corrected chi connectivity index (χ3v) is 4.80. The van der Waals surface area contributed by atoms with Crippen molar-refractivity contribution in [1.82, 2.24) is 5.32 Å². The van der Waals surface area contributed by atoms with Gasteiger partial charge in [0.1, 0.15) is 0 Å². The molecular formula is C17H35NO. The lowest BCUT2D eigenvalue weighted by molar-refractivity contribution is -0.0809. The van der Waals surface area contributed by atoms with Gasteiger partial charge in [-0.05, 0) is 38.6 Å². The molecule has 1 N–H and O–H groups in total. The van der Waals surface area contributed by atoms with E-state index >= 15 is 0 Å². The summed E-state index contributed by atoms with van der Waals surface area (Å²) in [5, 5.41) is 3.75. The summed E-state index contributed by atoms with van der Waals surface area (Å²) >= 11 is 0. The Labute approximate surface area is 120 Å². The Balaban J connectivity index is 2.81. The van der Waals surface area contributed by atoms with Crippen LogP contribution in [0.2, 0.25) is 0 Å². The average molecular weight is 269 g/mol. The number of nitrogens with one attached hydrogen (secondary N) is 1. The summed E-state index contributed by atoms with van der Waals surface area (Å²) < 4.78 is 6.35. The van der Waals surface area contributed by atoms with E-state index in [1.165, 1.54) is 51.4 Å². The van der Waals surface area contributed by atoms with Crippen LogP contribution in [0.25, 0.3) is 0 Å². The Morgan fingerprint density at radius 2 is 1.68 bits per heavy atom. The van der Waals surface area contributed by atoms with Crippen molar-refractivity contribution in [3.63, 3.8) is 0 Å². The van der Waals surface area contributed by atoms with Crippen molar-refractivity contribution in [3.8, 4) is 0 Å². The van der Waals surface area contributed by atoms with Crippen molar-refractivity contribution in [2.45, 2.75) is 90.7 Å². The van der Waals surface area contributed by atoms with E-state index in [-0.39, 0.29) is 5.60 Å². The predicted molar refractivity (Wildman–Crippen MR) is 83.6 cm³/mol. The van der Waals surface area contributed by atoms with Crippen LogP contribution in [0.5, 0.6) is 0 Å². The van der Waals surface area contributed by atoms with E-state index in [0.29, 0.717) is 6.04 Å². The van der Waals surface area contributed by atoms with Gasteiger partial charge in [0.15, 0.2) is 0 Å². The molecule has 0 amide bonds. The molecule has 0 aromatic carbocycles. The van der Waals surface area contributed by atoms with Crippen LogP contribution in [0.3, 0.4) is 0 Å². The second kappa shape index (κ2) is 8.97. The molecule has 0 radical (unpaired) electrons. The summed E-state index contributed by atoms with van der Waals surface area (Å²) in [5.41, 5.74) is 0.102. The number of likely N-dealkylation sites (N-methyl/N-ethyl adjacent to an activating group) is 1. The Morgan fingerprint density at radius 1 is 1.05 bits per heavy atom. The maximum atomic E-state index is 6.35. The lowest BCUT2D eigenvalue weighted by atomic mass is 9.81. The molecule has 2 unspecified atom stereocenters. The van der Waals surface area contributed by atoms with Crippen LogP contribution >= 0.6 is 0 Å². The molecule has 1 aliphatic carbocycles. The van der Waals surface area contributed by atoms with Crippen LogP contribution in [0.1, 0.15) is 79.1 Å². The van der Waals surface area contributed by atoms with Gasteiger partial charge in [0.25, 0.3) is 0 Å². The van der Waals surface area contributed by atoms with Crippen molar-refractivity contribution in [2.75, 3.05) is 13.2 Å². The molecule has 0 aliphatic heterocycles. The molecule has 114 valence electrons. The first-order valence-corrected chi connectivity index (χ1v) is 8.55. The zero-order chi connectivity index (χ0) is 14.1. The van der Waals surface area contributed by atoms with Gasteiger partial charge < -0.3 is 10.1 Å². The zero-order valence-electron chi connectivity index (χ0n) is 13.6. The maximum Gasteiger partial charge on any atom is 0.0834 e. The van der Waals surface area contributed by atoms with Crippen LogP contribution in [0.15, 0.2) is 0 Å². The largest absolute Gasteiger partial charge is 0.374 e. The number of ether oxygens (including phenoxy) is 1. The van der Waals surface area contributed by atoms with E-state index in [4.69, 9.17) is 4.74 Å². The highest BCUT2D eigenvalue weighted by atomic mass is 16.5. The van der Waals surface area contributed by atoms with Gasteiger partial charge in [-0.3, -0.25) is 0 Å². The second-order valence-electron chi connectivity index (χ2n) is 6.27. The third-order valence-electron chi connectivity index (χ3n) is 4.80. The number of hydrogen-bond acceptors (Lipinski definition) is 2. The maximum absolute atomic E-state index is 6.35. The summed E-state index contributed by atoms with van der Waals surface area (Å²) in [6.07, 6.45) is 10.5. The zero-order valence-corrected chi connectivity index (χ0v) is 13.6. The molecule has 2 atom stereocenters. The van der Waals surface area contributed by atoms with Crippen LogP contribution in [0, 0.1) is 5.92 Å². The first kappa shape index (κ1) is 17.0. The van der Waals surface area contributed by atoms with E-state index in [1.807, 2.05) is 0 Å². The van der Waals surface area contributed by atoms with Crippen molar-refractivity contribution >= 4 is 0 Å². The van der Waals surface area contributed by atoms with E-state index in [0.717, 1.165) is 19.1 Å². The Morgan fingerprint density at radius 3 is 2.16 bits per heavy atom. The topological polar surface area (TPSA) is 21.3 Å². The number of rotatable bonds is 8.